The van der Waals surface area contributed by atoms with Crippen LogP contribution in [0.3, 0.4) is 0 Å². The fourth-order valence-electron chi connectivity index (χ4n) is 4.36. The molecule has 0 spiro atoms. The Hall–Kier alpha value is -2.77. The SMILES string of the molecule is CC(C)(C)N1CC(C(=O)N2CCC(C(=O)Nc3ccc4c(c3)OCO4)CC2)CC1=O. The van der Waals surface area contributed by atoms with Crippen LogP contribution in [0.1, 0.15) is 40.0 Å². The lowest BCUT2D eigenvalue weighted by atomic mass is 9.94. The number of hydrogen-bond acceptors (Lipinski definition) is 5. The fraction of sp³-hybridized carbons (Fsp3) is 0.591. The molecule has 8 heteroatoms. The van der Waals surface area contributed by atoms with E-state index >= 15 is 0 Å². The standard InChI is InChI=1S/C22H29N3O5/c1-22(2,3)25-12-15(10-19(25)26)21(28)24-8-6-14(7-9-24)20(27)23-16-4-5-17-18(11-16)30-13-29-17/h4-5,11,14-15H,6-10,12-13H2,1-3H3,(H,23,27). The zero-order valence-corrected chi connectivity index (χ0v) is 17.8. The van der Waals surface area contributed by atoms with E-state index in [-0.39, 0.29) is 48.3 Å². The third-order valence-electron chi connectivity index (χ3n) is 6.10. The minimum atomic E-state index is -0.282. The van der Waals surface area contributed by atoms with Crippen LogP contribution in [0.15, 0.2) is 18.2 Å². The Balaban J connectivity index is 1.29. The number of rotatable bonds is 3. The zero-order valence-electron chi connectivity index (χ0n) is 17.8. The second kappa shape index (κ2) is 7.81. The van der Waals surface area contributed by atoms with Gasteiger partial charge in [-0.25, -0.2) is 0 Å². The molecule has 1 atom stereocenters. The number of fused-ring (bicyclic) bond motifs is 1. The molecule has 0 aliphatic carbocycles. The van der Waals surface area contributed by atoms with E-state index in [9.17, 15) is 14.4 Å². The molecular weight excluding hydrogens is 386 g/mol. The maximum Gasteiger partial charge on any atom is 0.231 e. The number of benzene rings is 1. The van der Waals surface area contributed by atoms with E-state index in [0.29, 0.717) is 49.7 Å². The summed E-state index contributed by atoms with van der Waals surface area (Å²) in [6.45, 7) is 7.72. The number of ether oxygens (including phenoxy) is 2. The van der Waals surface area contributed by atoms with Crippen LogP contribution in [0.25, 0.3) is 0 Å². The fourth-order valence-corrected chi connectivity index (χ4v) is 4.36. The predicted molar refractivity (Wildman–Crippen MR) is 110 cm³/mol. The van der Waals surface area contributed by atoms with Gasteiger partial charge in [0.1, 0.15) is 0 Å². The van der Waals surface area contributed by atoms with Gasteiger partial charge in [0, 0.05) is 49.3 Å². The Bertz CT molecular complexity index is 855. The van der Waals surface area contributed by atoms with Crippen LogP contribution >= 0.6 is 0 Å². The molecule has 1 unspecified atom stereocenters. The maximum atomic E-state index is 12.9. The largest absolute Gasteiger partial charge is 0.454 e. The van der Waals surface area contributed by atoms with Crippen molar-refractivity contribution in [3.05, 3.63) is 18.2 Å². The van der Waals surface area contributed by atoms with Crippen molar-refractivity contribution in [2.45, 2.75) is 45.6 Å². The Kier molecular flexibility index (Phi) is 5.34. The summed E-state index contributed by atoms with van der Waals surface area (Å²) in [5.74, 6) is 0.907. The third-order valence-corrected chi connectivity index (χ3v) is 6.10. The number of piperidine rings is 1. The topological polar surface area (TPSA) is 88.2 Å². The highest BCUT2D eigenvalue weighted by Crippen LogP contribution is 2.34. The van der Waals surface area contributed by atoms with Crippen molar-refractivity contribution in [3.63, 3.8) is 0 Å². The van der Waals surface area contributed by atoms with Gasteiger partial charge in [0.05, 0.1) is 5.92 Å². The molecular formula is C22H29N3O5. The van der Waals surface area contributed by atoms with E-state index in [1.54, 1.807) is 23.1 Å². The van der Waals surface area contributed by atoms with Gasteiger partial charge >= 0.3 is 0 Å². The van der Waals surface area contributed by atoms with Crippen molar-refractivity contribution in [1.82, 2.24) is 9.80 Å². The highest BCUT2D eigenvalue weighted by molar-refractivity contribution is 5.93. The van der Waals surface area contributed by atoms with Gasteiger partial charge in [-0.3, -0.25) is 14.4 Å². The first-order valence-corrected chi connectivity index (χ1v) is 10.5. The van der Waals surface area contributed by atoms with Crippen LogP contribution in [-0.4, -0.2) is 59.5 Å². The molecule has 4 rings (SSSR count). The zero-order chi connectivity index (χ0) is 21.5. The molecule has 3 aliphatic heterocycles. The molecule has 1 N–H and O–H groups in total. The highest BCUT2D eigenvalue weighted by Gasteiger charge is 2.41. The van der Waals surface area contributed by atoms with E-state index in [4.69, 9.17) is 9.47 Å². The molecule has 2 fully saturated rings. The summed E-state index contributed by atoms with van der Waals surface area (Å²) in [4.78, 5) is 41.5. The van der Waals surface area contributed by atoms with Gasteiger partial charge in [0.15, 0.2) is 11.5 Å². The monoisotopic (exact) mass is 415 g/mol. The second-order valence-corrected chi connectivity index (χ2v) is 9.23. The Morgan fingerprint density at radius 3 is 2.43 bits per heavy atom. The quantitative estimate of drug-likeness (QED) is 0.818. The number of nitrogens with zero attached hydrogens (tertiary/aromatic N) is 2. The highest BCUT2D eigenvalue weighted by atomic mass is 16.7. The van der Waals surface area contributed by atoms with E-state index < -0.39 is 0 Å². The molecule has 1 aromatic rings. The van der Waals surface area contributed by atoms with E-state index in [1.165, 1.54) is 0 Å². The summed E-state index contributed by atoms with van der Waals surface area (Å²) in [7, 11) is 0. The molecule has 162 valence electrons. The lowest BCUT2D eigenvalue weighted by Gasteiger charge is -2.34. The first-order chi connectivity index (χ1) is 14.2. The van der Waals surface area contributed by atoms with Crippen molar-refractivity contribution in [2.75, 3.05) is 31.7 Å². The van der Waals surface area contributed by atoms with Crippen LogP contribution in [-0.2, 0) is 14.4 Å². The lowest BCUT2D eigenvalue weighted by Crippen LogP contribution is -2.46. The smallest absolute Gasteiger partial charge is 0.231 e. The van der Waals surface area contributed by atoms with Crippen molar-refractivity contribution < 1.29 is 23.9 Å². The Labute approximate surface area is 176 Å². The van der Waals surface area contributed by atoms with Gasteiger partial charge < -0.3 is 24.6 Å². The first-order valence-electron chi connectivity index (χ1n) is 10.5. The molecule has 3 heterocycles. The molecule has 0 radical (unpaired) electrons. The van der Waals surface area contributed by atoms with Gasteiger partial charge in [-0.1, -0.05) is 0 Å². The van der Waals surface area contributed by atoms with E-state index in [1.807, 2.05) is 25.7 Å². The molecule has 3 amide bonds. The molecule has 0 bridgehead atoms. The molecule has 1 aromatic carbocycles. The van der Waals surface area contributed by atoms with Crippen LogP contribution < -0.4 is 14.8 Å². The maximum absolute atomic E-state index is 12.9. The average Bonchev–Trinajstić information content (AvgIpc) is 3.33. The van der Waals surface area contributed by atoms with Crippen molar-refractivity contribution in [2.24, 2.45) is 11.8 Å². The van der Waals surface area contributed by atoms with Crippen LogP contribution in [0.2, 0.25) is 0 Å². The summed E-state index contributed by atoms with van der Waals surface area (Å²) in [5, 5.41) is 2.94. The molecule has 2 saturated heterocycles. The van der Waals surface area contributed by atoms with E-state index in [2.05, 4.69) is 5.32 Å². The van der Waals surface area contributed by atoms with Crippen molar-refractivity contribution >= 4 is 23.4 Å². The number of likely N-dealkylation sites (tertiary alicyclic amines) is 2. The minimum Gasteiger partial charge on any atom is -0.454 e. The van der Waals surface area contributed by atoms with Gasteiger partial charge in [-0.2, -0.15) is 0 Å². The predicted octanol–water partition coefficient (Wildman–Crippen LogP) is 2.24. The Morgan fingerprint density at radius 1 is 1.07 bits per heavy atom. The summed E-state index contributed by atoms with van der Waals surface area (Å²) in [6, 6.07) is 5.34. The minimum absolute atomic E-state index is 0.0322. The summed E-state index contributed by atoms with van der Waals surface area (Å²) in [6.07, 6.45) is 1.51. The summed E-state index contributed by atoms with van der Waals surface area (Å²) in [5.41, 5.74) is 0.404. The molecule has 0 aromatic heterocycles. The van der Waals surface area contributed by atoms with Gasteiger partial charge in [-0.15, -0.1) is 0 Å². The van der Waals surface area contributed by atoms with E-state index in [0.717, 1.165) is 0 Å². The number of carbonyl (C=O) groups excluding carboxylic acids is 3. The van der Waals surface area contributed by atoms with Crippen molar-refractivity contribution in [3.8, 4) is 11.5 Å². The summed E-state index contributed by atoms with van der Waals surface area (Å²) >= 11 is 0. The molecule has 30 heavy (non-hydrogen) atoms. The molecule has 3 aliphatic rings. The number of anilines is 1. The third kappa shape index (κ3) is 4.08. The normalized spacial score (nSPS) is 21.8. The first kappa shape index (κ1) is 20.5. The number of hydrogen-bond donors (Lipinski definition) is 1. The van der Waals surface area contributed by atoms with Crippen LogP contribution in [0.4, 0.5) is 5.69 Å². The molecule has 8 nitrogen and oxygen atoms in total. The van der Waals surface area contributed by atoms with Gasteiger partial charge in [0.2, 0.25) is 24.5 Å². The van der Waals surface area contributed by atoms with Gasteiger partial charge in [0.25, 0.3) is 0 Å². The number of carbonyl (C=O) groups is 3. The Morgan fingerprint density at radius 2 is 1.77 bits per heavy atom. The van der Waals surface area contributed by atoms with Crippen LogP contribution in [0.5, 0.6) is 11.5 Å². The second-order valence-electron chi connectivity index (χ2n) is 9.23. The average molecular weight is 415 g/mol. The van der Waals surface area contributed by atoms with Crippen LogP contribution in [0, 0.1) is 11.8 Å². The summed E-state index contributed by atoms with van der Waals surface area (Å²) < 4.78 is 10.6. The van der Waals surface area contributed by atoms with Crippen molar-refractivity contribution in [1.29, 1.82) is 0 Å². The number of amides is 3. The molecule has 0 saturated carbocycles. The lowest BCUT2D eigenvalue weighted by molar-refractivity contribution is -0.138. The number of nitrogens with one attached hydrogen (secondary N) is 1. The van der Waals surface area contributed by atoms with Gasteiger partial charge in [-0.05, 0) is 45.7 Å².